The maximum atomic E-state index is 5.95. The first kappa shape index (κ1) is 12.9. The van der Waals surface area contributed by atoms with Gasteiger partial charge in [-0.2, -0.15) is 0 Å². The number of hydrogen-bond acceptors (Lipinski definition) is 2. The van der Waals surface area contributed by atoms with E-state index >= 15 is 0 Å². The van der Waals surface area contributed by atoms with Gasteiger partial charge in [0.1, 0.15) is 5.75 Å². The Balaban J connectivity index is 2.07. The minimum atomic E-state index is 0.216. The highest BCUT2D eigenvalue weighted by Crippen LogP contribution is 2.22. The number of fused-ring (bicyclic) bond motifs is 1. The molecule has 18 heavy (non-hydrogen) atoms. The van der Waals surface area contributed by atoms with Crippen LogP contribution in [0.4, 0.5) is 0 Å². The second-order valence-electron chi connectivity index (χ2n) is 4.86. The Labute approximate surface area is 109 Å². The van der Waals surface area contributed by atoms with E-state index in [9.17, 15) is 0 Å². The van der Waals surface area contributed by atoms with Gasteiger partial charge in [0.05, 0.1) is 6.10 Å². The maximum Gasteiger partial charge on any atom is 0.120 e. The largest absolute Gasteiger partial charge is 0.491 e. The zero-order valence-corrected chi connectivity index (χ0v) is 11.3. The highest BCUT2D eigenvalue weighted by molar-refractivity contribution is 5.83. The number of rotatable bonds is 5. The topological polar surface area (TPSA) is 21.3 Å². The van der Waals surface area contributed by atoms with Gasteiger partial charge in [0, 0.05) is 6.04 Å². The minimum Gasteiger partial charge on any atom is -0.491 e. The van der Waals surface area contributed by atoms with E-state index < -0.39 is 0 Å². The predicted molar refractivity (Wildman–Crippen MR) is 77.2 cm³/mol. The molecule has 0 spiro atoms. The van der Waals surface area contributed by atoms with Gasteiger partial charge in [0.15, 0.2) is 0 Å². The summed E-state index contributed by atoms with van der Waals surface area (Å²) < 4.78 is 5.95. The Bertz CT molecular complexity index is 509. The Morgan fingerprint density at radius 1 is 1.06 bits per heavy atom. The van der Waals surface area contributed by atoms with Crippen LogP contribution in [0.2, 0.25) is 0 Å². The minimum absolute atomic E-state index is 0.216. The fraction of sp³-hybridized carbons (Fsp3) is 0.375. The van der Waals surface area contributed by atoms with Crippen molar-refractivity contribution in [3.8, 4) is 5.75 Å². The van der Waals surface area contributed by atoms with Gasteiger partial charge in [-0.1, -0.05) is 30.3 Å². The van der Waals surface area contributed by atoms with Crippen molar-refractivity contribution in [1.82, 2.24) is 5.32 Å². The average Bonchev–Trinajstić information content (AvgIpc) is 2.38. The molecule has 2 atom stereocenters. The van der Waals surface area contributed by atoms with E-state index in [1.165, 1.54) is 10.8 Å². The molecular formula is C16H21NO. The molecule has 2 heteroatoms. The Hall–Kier alpha value is -1.54. The smallest absolute Gasteiger partial charge is 0.120 e. The second kappa shape index (κ2) is 5.87. The van der Waals surface area contributed by atoms with Crippen molar-refractivity contribution < 1.29 is 4.74 Å². The van der Waals surface area contributed by atoms with E-state index in [1.54, 1.807) is 0 Å². The van der Waals surface area contributed by atoms with Gasteiger partial charge in [-0.25, -0.2) is 0 Å². The molecule has 0 heterocycles. The summed E-state index contributed by atoms with van der Waals surface area (Å²) in [6.45, 7) is 4.28. The van der Waals surface area contributed by atoms with E-state index in [-0.39, 0.29) is 6.10 Å². The van der Waals surface area contributed by atoms with Crippen molar-refractivity contribution in [2.24, 2.45) is 0 Å². The lowest BCUT2D eigenvalue weighted by Gasteiger charge is -2.18. The summed E-state index contributed by atoms with van der Waals surface area (Å²) in [5, 5.41) is 5.71. The molecule has 0 fully saturated rings. The molecule has 2 nitrogen and oxygen atoms in total. The van der Waals surface area contributed by atoms with E-state index in [1.807, 2.05) is 13.1 Å². The number of benzene rings is 2. The zero-order valence-electron chi connectivity index (χ0n) is 11.3. The van der Waals surface area contributed by atoms with Gasteiger partial charge in [0.2, 0.25) is 0 Å². The first-order valence-electron chi connectivity index (χ1n) is 6.52. The van der Waals surface area contributed by atoms with Crippen molar-refractivity contribution in [3.63, 3.8) is 0 Å². The van der Waals surface area contributed by atoms with Crippen molar-refractivity contribution in [1.29, 1.82) is 0 Å². The first-order chi connectivity index (χ1) is 8.69. The van der Waals surface area contributed by atoms with Crippen LogP contribution in [0.1, 0.15) is 20.3 Å². The number of ether oxygens (including phenoxy) is 1. The van der Waals surface area contributed by atoms with Gasteiger partial charge in [-0.15, -0.1) is 0 Å². The van der Waals surface area contributed by atoms with Crippen molar-refractivity contribution >= 4 is 10.8 Å². The fourth-order valence-electron chi connectivity index (χ4n) is 2.14. The van der Waals surface area contributed by atoms with Crippen LogP contribution < -0.4 is 10.1 Å². The standard InChI is InChI=1S/C16H21NO/c1-12(17-3)10-13(2)18-16-9-8-14-6-4-5-7-15(14)11-16/h4-9,11-13,17H,10H2,1-3H3. The summed E-state index contributed by atoms with van der Waals surface area (Å²) in [5.74, 6) is 0.949. The third-order valence-corrected chi connectivity index (χ3v) is 3.24. The van der Waals surface area contributed by atoms with Crippen LogP contribution in [-0.2, 0) is 0 Å². The van der Waals surface area contributed by atoms with Crippen LogP contribution in [0.25, 0.3) is 10.8 Å². The lowest BCUT2D eigenvalue weighted by Crippen LogP contribution is -2.28. The summed E-state index contributed by atoms with van der Waals surface area (Å²) in [6.07, 6.45) is 1.22. The third-order valence-electron chi connectivity index (χ3n) is 3.24. The summed E-state index contributed by atoms with van der Waals surface area (Å²) in [4.78, 5) is 0. The molecule has 0 aliphatic rings. The molecule has 2 aromatic carbocycles. The van der Waals surface area contributed by atoms with Crippen LogP contribution in [0.3, 0.4) is 0 Å². The lowest BCUT2D eigenvalue weighted by atomic mass is 10.1. The van der Waals surface area contributed by atoms with Crippen LogP contribution >= 0.6 is 0 Å². The van der Waals surface area contributed by atoms with Gasteiger partial charge < -0.3 is 10.1 Å². The van der Waals surface area contributed by atoms with Crippen molar-refractivity contribution in [2.75, 3.05) is 7.05 Å². The monoisotopic (exact) mass is 243 g/mol. The van der Waals surface area contributed by atoms with E-state index in [0.29, 0.717) is 6.04 Å². The molecule has 1 N–H and O–H groups in total. The molecule has 0 bridgehead atoms. The maximum absolute atomic E-state index is 5.95. The Morgan fingerprint density at radius 2 is 1.78 bits per heavy atom. The molecule has 2 rings (SSSR count). The fourth-order valence-corrected chi connectivity index (χ4v) is 2.14. The van der Waals surface area contributed by atoms with Gasteiger partial charge >= 0.3 is 0 Å². The van der Waals surface area contributed by atoms with Crippen LogP contribution in [-0.4, -0.2) is 19.2 Å². The molecule has 96 valence electrons. The highest BCUT2D eigenvalue weighted by atomic mass is 16.5. The van der Waals surface area contributed by atoms with Gasteiger partial charge in [0.25, 0.3) is 0 Å². The number of hydrogen-bond donors (Lipinski definition) is 1. The van der Waals surface area contributed by atoms with Gasteiger partial charge in [-0.3, -0.25) is 0 Å². The molecule has 0 radical (unpaired) electrons. The first-order valence-corrected chi connectivity index (χ1v) is 6.52. The summed E-state index contributed by atoms with van der Waals surface area (Å²) >= 11 is 0. The third kappa shape index (κ3) is 3.23. The SMILES string of the molecule is CNC(C)CC(C)Oc1ccc2ccccc2c1. The quantitative estimate of drug-likeness (QED) is 0.866. The number of nitrogens with one attached hydrogen (secondary N) is 1. The molecule has 2 aromatic rings. The van der Waals surface area contributed by atoms with Crippen molar-refractivity contribution in [3.05, 3.63) is 42.5 Å². The average molecular weight is 243 g/mol. The molecule has 2 unspecified atom stereocenters. The highest BCUT2D eigenvalue weighted by Gasteiger charge is 2.08. The van der Waals surface area contributed by atoms with Crippen LogP contribution in [0.5, 0.6) is 5.75 Å². The molecule has 0 aliphatic carbocycles. The van der Waals surface area contributed by atoms with E-state index in [2.05, 4.69) is 55.6 Å². The molecule has 0 saturated carbocycles. The summed E-state index contributed by atoms with van der Waals surface area (Å²) in [5.41, 5.74) is 0. The Kier molecular flexibility index (Phi) is 4.21. The second-order valence-corrected chi connectivity index (χ2v) is 4.86. The predicted octanol–water partition coefficient (Wildman–Crippen LogP) is 3.61. The van der Waals surface area contributed by atoms with Gasteiger partial charge in [-0.05, 0) is 50.2 Å². The lowest BCUT2D eigenvalue weighted by molar-refractivity contribution is 0.198. The molecule has 0 aromatic heterocycles. The summed E-state index contributed by atoms with van der Waals surface area (Å²) in [7, 11) is 1.98. The summed E-state index contributed by atoms with van der Waals surface area (Å²) in [6, 6.07) is 15.1. The van der Waals surface area contributed by atoms with E-state index in [4.69, 9.17) is 4.74 Å². The van der Waals surface area contributed by atoms with Crippen molar-refractivity contribution in [2.45, 2.75) is 32.4 Å². The molecule has 0 saturated heterocycles. The molecular weight excluding hydrogens is 222 g/mol. The van der Waals surface area contributed by atoms with Crippen LogP contribution in [0.15, 0.2) is 42.5 Å². The van der Waals surface area contributed by atoms with Crippen LogP contribution in [0, 0.1) is 0 Å². The van der Waals surface area contributed by atoms with E-state index in [0.717, 1.165) is 12.2 Å². The normalized spacial score (nSPS) is 14.4. The Morgan fingerprint density at radius 3 is 2.50 bits per heavy atom. The zero-order chi connectivity index (χ0) is 13.0. The molecule has 0 amide bonds. The molecule has 0 aliphatic heterocycles.